The summed E-state index contributed by atoms with van der Waals surface area (Å²) in [6, 6.07) is 0. The molecule has 2 N–H and O–H groups in total. The molecule has 0 radical (unpaired) electrons. The normalized spacial score (nSPS) is 38.6. The van der Waals surface area contributed by atoms with Crippen LogP contribution in [-0.2, 0) is 4.43 Å². The molecule has 5 heteroatoms. The molecule has 218 valence electrons. The van der Waals surface area contributed by atoms with Crippen LogP contribution in [0, 0.1) is 28.6 Å². The molecule has 1 unspecified atom stereocenters. The van der Waals surface area contributed by atoms with E-state index in [9.17, 15) is 10.2 Å². The Morgan fingerprint density at radius 2 is 1.76 bits per heavy atom. The summed E-state index contributed by atoms with van der Waals surface area (Å²) in [5.41, 5.74) is 2.75. The topological polar surface area (TPSA) is 49.7 Å². The van der Waals surface area contributed by atoms with E-state index in [-0.39, 0.29) is 22.7 Å². The third-order valence-corrected chi connectivity index (χ3v) is 17.8. The molecule has 4 rings (SSSR count). The Hall–Kier alpha value is -0.0731. The lowest BCUT2D eigenvalue weighted by molar-refractivity contribution is -0.0498. The van der Waals surface area contributed by atoms with Crippen molar-refractivity contribution >= 4 is 20.1 Å². The highest BCUT2D eigenvalue weighted by Crippen LogP contribution is 2.66. The van der Waals surface area contributed by atoms with Crippen molar-refractivity contribution in [3.05, 3.63) is 23.3 Å². The van der Waals surface area contributed by atoms with E-state index in [2.05, 4.69) is 78.6 Å². The monoisotopic (exact) mass is 562 g/mol. The van der Waals surface area contributed by atoms with E-state index in [4.69, 9.17) is 4.43 Å². The molecule has 0 aliphatic heterocycles. The number of thioether (sulfide) groups is 1. The van der Waals surface area contributed by atoms with Gasteiger partial charge in [-0.2, -0.15) is 11.8 Å². The minimum atomic E-state index is -1.87. The van der Waals surface area contributed by atoms with Gasteiger partial charge in [0.25, 0.3) is 0 Å². The van der Waals surface area contributed by atoms with Gasteiger partial charge in [-0.3, -0.25) is 0 Å². The summed E-state index contributed by atoms with van der Waals surface area (Å²) in [7, 11) is -1.87. The average Bonchev–Trinajstić information content (AvgIpc) is 3.13. The molecule has 8 atom stereocenters. The van der Waals surface area contributed by atoms with Crippen LogP contribution >= 0.6 is 11.8 Å². The third kappa shape index (κ3) is 5.67. The Kier molecular flexibility index (Phi) is 8.65. The number of fused-ring (bicyclic) bond motifs is 5. The van der Waals surface area contributed by atoms with Crippen LogP contribution in [-0.4, -0.2) is 47.3 Å². The number of rotatable bonds is 8. The van der Waals surface area contributed by atoms with Gasteiger partial charge >= 0.3 is 0 Å². The molecular weight excluding hydrogens is 505 g/mol. The van der Waals surface area contributed by atoms with Gasteiger partial charge < -0.3 is 14.6 Å². The lowest BCUT2D eigenvalue weighted by Gasteiger charge is -2.57. The third-order valence-electron chi connectivity index (χ3n) is 11.9. The second-order valence-corrected chi connectivity index (χ2v) is 22.2. The smallest absolute Gasteiger partial charge is 0.192 e. The molecule has 0 amide bonds. The zero-order valence-corrected chi connectivity index (χ0v) is 28.0. The maximum atomic E-state index is 11.7. The van der Waals surface area contributed by atoms with Crippen molar-refractivity contribution in [2.24, 2.45) is 28.6 Å². The van der Waals surface area contributed by atoms with Crippen LogP contribution in [0.2, 0.25) is 18.1 Å². The Labute approximate surface area is 239 Å². The van der Waals surface area contributed by atoms with Crippen molar-refractivity contribution in [2.45, 2.75) is 148 Å². The fourth-order valence-electron chi connectivity index (χ4n) is 8.42. The van der Waals surface area contributed by atoms with Crippen molar-refractivity contribution in [3.63, 3.8) is 0 Å². The van der Waals surface area contributed by atoms with Crippen molar-refractivity contribution in [2.75, 3.05) is 5.75 Å². The summed E-state index contributed by atoms with van der Waals surface area (Å²) in [6.45, 7) is 22.9. The van der Waals surface area contributed by atoms with E-state index in [1.54, 1.807) is 5.57 Å². The second-order valence-electron chi connectivity index (χ2n) is 15.9. The summed E-state index contributed by atoms with van der Waals surface area (Å²) in [6.07, 6.45) is 13.5. The minimum Gasteiger partial charge on any atom is -0.414 e. The predicted octanol–water partition coefficient (Wildman–Crippen LogP) is 8.52. The fourth-order valence-corrected chi connectivity index (χ4v) is 11.1. The van der Waals surface area contributed by atoms with Crippen LogP contribution in [0.3, 0.4) is 0 Å². The lowest BCUT2D eigenvalue weighted by Crippen LogP contribution is -2.54. The Balaban J connectivity index is 1.49. The van der Waals surface area contributed by atoms with Gasteiger partial charge in [0.1, 0.15) is 0 Å². The highest BCUT2D eigenvalue weighted by atomic mass is 32.2. The number of hydrogen-bond acceptors (Lipinski definition) is 4. The maximum Gasteiger partial charge on any atom is 0.192 e. The van der Waals surface area contributed by atoms with Crippen molar-refractivity contribution < 1.29 is 14.6 Å². The fraction of sp³-hybridized carbons (Fsp3) is 0.879. The second kappa shape index (κ2) is 10.6. The van der Waals surface area contributed by atoms with Crippen LogP contribution < -0.4 is 0 Å². The molecule has 3 fully saturated rings. The number of aliphatic hydroxyl groups excluding tert-OH is 1. The Morgan fingerprint density at radius 1 is 1.08 bits per heavy atom. The van der Waals surface area contributed by atoms with Crippen LogP contribution in [0.5, 0.6) is 0 Å². The van der Waals surface area contributed by atoms with Crippen molar-refractivity contribution in [3.8, 4) is 0 Å². The van der Waals surface area contributed by atoms with Gasteiger partial charge in [0.2, 0.25) is 0 Å². The minimum absolute atomic E-state index is 0.138. The summed E-state index contributed by atoms with van der Waals surface area (Å²) in [5, 5.41) is 22.7. The first kappa shape index (κ1) is 30.9. The SMILES string of the molecule is CC(SCCCC(C)(C)O)[C@H]1CC[C@H]2C3=CC=C4C[C@@H](O[Si](C)(C)C(C)(C)C)C[C@H](O)[C@]4(C)[C@H]3CC[C@]12C. The molecule has 0 saturated heterocycles. The molecule has 4 aliphatic rings. The zero-order valence-electron chi connectivity index (χ0n) is 26.2. The molecule has 0 aromatic heterocycles. The van der Waals surface area contributed by atoms with E-state index in [1.807, 2.05) is 13.8 Å². The molecule has 3 saturated carbocycles. The van der Waals surface area contributed by atoms with Crippen LogP contribution in [0.15, 0.2) is 23.3 Å². The van der Waals surface area contributed by atoms with Gasteiger partial charge in [-0.15, -0.1) is 0 Å². The Morgan fingerprint density at radius 3 is 2.39 bits per heavy atom. The molecular formula is C33H58O3SSi. The van der Waals surface area contributed by atoms with Crippen LogP contribution in [0.1, 0.15) is 107 Å². The number of hydrogen-bond donors (Lipinski definition) is 2. The molecule has 3 nitrogen and oxygen atoms in total. The molecule has 38 heavy (non-hydrogen) atoms. The van der Waals surface area contributed by atoms with E-state index >= 15 is 0 Å². The van der Waals surface area contributed by atoms with Gasteiger partial charge in [-0.1, -0.05) is 64.8 Å². The summed E-state index contributed by atoms with van der Waals surface area (Å²) in [5.74, 6) is 3.01. The number of allylic oxidation sites excluding steroid dienone is 3. The summed E-state index contributed by atoms with van der Waals surface area (Å²) in [4.78, 5) is 0. The lowest BCUT2D eigenvalue weighted by atomic mass is 9.49. The van der Waals surface area contributed by atoms with E-state index < -0.39 is 13.9 Å². The first-order chi connectivity index (χ1) is 17.4. The Bertz CT molecular complexity index is 928. The molecule has 4 aliphatic carbocycles. The summed E-state index contributed by atoms with van der Waals surface area (Å²) < 4.78 is 6.83. The van der Waals surface area contributed by atoms with Gasteiger partial charge in [0.05, 0.1) is 17.8 Å². The maximum absolute atomic E-state index is 11.7. The number of aliphatic hydroxyl groups is 2. The van der Waals surface area contributed by atoms with E-state index in [1.165, 1.54) is 31.3 Å². The zero-order chi connectivity index (χ0) is 28.3. The van der Waals surface area contributed by atoms with Crippen LogP contribution in [0.25, 0.3) is 0 Å². The van der Waals surface area contributed by atoms with E-state index in [0.717, 1.165) is 37.4 Å². The first-order valence-corrected chi connectivity index (χ1v) is 19.5. The van der Waals surface area contributed by atoms with Crippen LogP contribution in [0.4, 0.5) is 0 Å². The van der Waals surface area contributed by atoms with Gasteiger partial charge in [-0.05, 0) is 112 Å². The van der Waals surface area contributed by atoms with Gasteiger partial charge in [0, 0.05) is 10.7 Å². The first-order valence-electron chi connectivity index (χ1n) is 15.5. The summed E-state index contributed by atoms with van der Waals surface area (Å²) >= 11 is 2.13. The standard InChI is InChI=1S/C33H58O3SSi/c1-22(37-19-11-17-31(5,6)35)26-14-15-27-25-13-12-23-20-24(36-38(9,10)30(2,3)4)21-29(34)33(23,8)28(25)16-18-32(26,27)7/h12-13,22,24,26-29,34-35H,11,14-21H2,1-10H3/t22?,24-,26-,27+,28+,29+,32-,33+/m1/s1. The van der Waals surface area contributed by atoms with Gasteiger partial charge in [0.15, 0.2) is 8.32 Å². The average molecular weight is 563 g/mol. The highest BCUT2D eigenvalue weighted by molar-refractivity contribution is 7.99. The molecule has 0 aromatic carbocycles. The van der Waals surface area contributed by atoms with Gasteiger partial charge in [-0.25, -0.2) is 0 Å². The van der Waals surface area contributed by atoms with Crippen molar-refractivity contribution in [1.29, 1.82) is 0 Å². The molecule has 0 spiro atoms. The highest BCUT2D eigenvalue weighted by Gasteiger charge is 2.59. The molecule has 0 bridgehead atoms. The molecule has 0 aromatic rings. The predicted molar refractivity (Wildman–Crippen MR) is 166 cm³/mol. The molecule has 0 heterocycles. The quantitative estimate of drug-likeness (QED) is 0.230. The van der Waals surface area contributed by atoms with E-state index in [0.29, 0.717) is 22.5 Å². The largest absolute Gasteiger partial charge is 0.414 e. The van der Waals surface area contributed by atoms with Crippen molar-refractivity contribution in [1.82, 2.24) is 0 Å².